The topological polar surface area (TPSA) is 46.4 Å². The van der Waals surface area contributed by atoms with E-state index in [0.29, 0.717) is 10.2 Å². The molecule has 1 aliphatic rings. The highest BCUT2D eigenvalue weighted by molar-refractivity contribution is 9.10. The van der Waals surface area contributed by atoms with Crippen LogP contribution in [0.4, 0.5) is 20.2 Å². The molecule has 0 aromatic heterocycles. The minimum Gasteiger partial charge on any atom is -0.366 e. The van der Waals surface area contributed by atoms with E-state index >= 15 is 0 Å². The minimum atomic E-state index is -2.65. The van der Waals surface area contributed by atoms with E-state index in [1.165, 1.54) is 6.07 Å². The van der Waals surface area contributed by atoms with Crippen molar-refractivity contribution in [2.75, 3.05) is 18.0 Å². The van der Waals surface area contributed by atoms with Crippen LogP contribution in [0.3, 0.4) is 0 Å². The highest BCUT2D eigenvalue weighted by Crippen LogP contribution is 2.36. The van der Waals surface area contributed by atoms with Crippen LogP contribution in [0.5, 0.6) is 0 Å². The van der Waals surface area contributed by atoms with Crippen molar-refractivity contribution in [2.45, 2.75) is 18.8 Å². The van der Waals surface area contributed by atoms with Gasteiger partial charge in [-0.2, -0.15) is 0 Å². The van der Waals surface area contributed by atoms with Gasteiger partial charge in [0.05, 0.1) is 4.92 Å². The van der Waals surface area contributed by atoms with E-state index in [1.54, 1.807) is 17.0 Å². The van der Waals surface area contributed by atoms with Crippen LogP contribution in [0, 0.1) is 10.1 Å². The van der Waals surface area contributed by atoms with Gasteiger partial charge in [0, 0.05) is 36.5 Å². The van der Waals surface area contributed by atoms with Crippen LogP contribution in [0.25, 0.3) is 0 Å². The van der Waals surface area contributed by atoms with E-state index in [0.717, 1.165) is 0 Å². The zero-order valence-electron chi connectivity index (χ0n) is 9.41. The Morgan fingerprint density at radius 2 is 1.94 bits per heavy atom. The number of nitrogens with zero attached hydrogens (tertiary/aromatic N) is 2. The number of anilines is 1. The van der Waals surface area contributed by atoms with E-state index in [1.807, 2.05) is 0 Å². The third kappa shape index (κ3) is 2.77. The number of hydrogen-bond donors (Lipinski definition) is 0. The van der Waals surface area contributed by atoms with Crippen LogP contribution < -0.4 is 4.90 Å². The Labute approximate surface area is 111 Å². The fourth-order valence-electron chi connectivity index (χ4n) is 1.98. The lowest BCUT2D eigenvalue weighted by atomic mass is 10.1. The lowest BCUT2D eigenvalue weighted by Crippen LogP contribution is -2.39. The molecule has 0 spiro atoms. The average Bonchev–Trinajstić information content (AvgIpc) is 2.29. The van der Waals surface area contributed by atoms with Gasteiger partial charge in [0.1, 0.15) is 5.69 Å². The van der Waals surface area contributed by atoms with E-state index in [4.69, 9.17) is 0 Å². The van der Waals surface area contributed by atoms with Gasteiger partial charge < -0.3 is 4.90 Å². The van der Waals surface area contributed by atoms with Gasteiger partial charge in [-0.1, -0.05) is 15.9 Å². The largest absolute Gasteiger partial charge is 0.366 e. The first-order valence-electron chi connectivity index (χ1n) is 5.46. The summed E-state index contributed by atoms with van der Waals surface area (Å²) in [6.07, 6.45) is -0.527. The quantitative estimate of drug-likeness (QED) is 0.618. The van der Waals surface area contributed by atoms with Gasteiger partial charge in [-0.3, -0.25) is 10.1 Å². The Morgan fingerprint density at radius 1 is 1.33 bits per heavy atom. The summed E-state index contributed by atoms with van der Waals surface area (Å²) in [5.41, 5.74) is 0.341. The van der Waals surface area contributed by atoms with Crippen molar-refractivity contribution in [2.24, 2.45) is 0 Å². The zero-order valence-corrected chi connectivity index (χ0v) is 11.0. The molecule has 18 heavy (non-hydrogen) atoms. The molecule has 1 heterocycles. The Balaban J connectivity index is 2.26. The Hall–Kier alpha value is -1.24. The molecule has 1 aliphatic heterocycles. The summed E-state index contributed by atoms with van der Waals surface area (Å²) in [7, 11) is 0. The molecule has 0 radical (unpaired) electrons. The molecule has 0 aliphatic carbocycles. The van der Waals surface area contributed by atoms with E-state index in [9.17, 15) is 18.9 Å². The molecule has 1 fully saturated rings. The number of alkyl halides is 2. The summed E-state index contributed by atoms with van der Waals surface area (Å²) in [6, 6.07) is 4.66. The van der Waals surface area contributed by atoms with E-state index in [2.05, 4.69) is 15.9 Å². The Morgan fingerprint density at radius 3 is 2.50 bits per heavy atom. The third-order valence-corrected chi connectivity index (χ3v) is 3.46. The fraction of sp³-hybridized carbons (Fsp3) is 0.455. The lowest BCUT2D eigenvalue weighted by Gasteiger charge is -2.33. The zero-order chi connectivity index (χ0) is 13.3. The second kappa shape index (κ2) is 4.79. The molecule has 0 amide bonds. The van der Waals surface area contributed by atoms with Crippen molar-refractivity contribution >= 4 is 27.3 Å². The Bertz CT molecular complexity index is 472. The average molecular weight is 321 g/mol. The van der Waals surface area contributed by atoms with Crippen molar-refractivity contribution < 1.29 is 13.7 Å². The van der Waals surface area contributed by atoms with Gasteiger partial charge in [0.15, 0.2) is 0 Å². The summed E-state index contributed by atoms with van der Waals surface area (Å²) in [5.74, 6) is -2.65. The van der Waals surface area contributed by atoms with E-state index < -0.39 is 10.8 Å². The highest BCUT2D eigenvalue weighted by atomic mass is 79.9. The monoisotopic (exact) mass is 320 g/mol. The third-order valence-electron chi connectivity index (χ3n) is 2.97. The molecule has 7 heteroatoms. The van der Waals surface area contributed by atoms with Gasteiger partial charge >= 0.3 is 0 Å². The second-order valence-corrected chi connectivity index (χ2v) is 5.15. The first-order chi connectivity index (χ1) is 8.39. The maximum absolute atomic E-state index is 13.0. The molecular formula is C11H11BrF2N2O2. The molecule has 0 N–H and O–H groups in total. The van der Waals surface area contributed by atoms with Crippen LogP contribution in [0.1, 0.15) is 12.8 Å². The van der Waals surface area contributed by atoms with Crippen molar-refractivity contribution in [3.05, 3.63) is 32.8 Å². The number of halogens is 3. The van der Waals surface area contributed by atoms with Crippen molar-refractivity contribution in [3.8, 4) is 0 Å². The lowest BCUT2D eigenvalue weighted by molar-refractivity contribution is -0.384. The molecule has 0 unspecified atom stereocenters. The standard InChI is InChI=1S/C11H11BrF2N2O2/c12-8-1-2-9(10(7-8)16(17)18)15-5-3-11(13,14)4-6-15/h1-2,7H,3-6H2. The summed E-state index contributed by atoms with van der Waals surface area (Å²) in [6.45, 7) is 0.269. The number of hydrogen-bond acceptors (Lipinski definition) is 3. The van der Waals surface area contributed by atoms with E-state index in [-0.39, 0.29) is 31.6 Å². The maximum Gasteiger partial charge on any atom is 0.293 e. The van der Waals surface area contributed by atoms with Crippen LogP contribution >= 0.6 is 15.9 Å². The molecular weight excluding hydrogens is 310 g/mol. The molecule has 0 saturated carbocycles. The first-order valence-corrected chi connectivity index (χ1v) is 6.25. The van der Waals surface area contributed by atoms with Crippen molar-refractivity contribution in [1.82, 2.24) is 0 Å². The van der Waals surface area contributed by atoms with Crippen LogP contribution in [0.2, 0.25) is 0 Å². The molecule has 2 rings (SSSR count). The molecule has 1 saturated heterocycles. The van der Waals surface area contributed by atoms with Crippen molar-refractivity contribution in [3.63, 3.8) is 0 Å². The van der Waals surface area contributed by atoms with Crippen molar-refractivity contribution in [1.29, 1.82) is 0 Å². The number of nitro groups is 1. The van der Waals surface area contributed by atoms with Gasteiger partial charge in [-0.05, 0) is 12.1 Å². The van der Waals surface area contributed by atoms with Gasteiger partial charge in [-0.15, -0.1) is 0 Å². The highest BCUT2D eigenvalue weighted by Gasteiger charge is 2.35. The Kier molecular flexibility index (Phi) is 3.52. The van der Waals surface area contributed by atoms with Gasteiger partial charge in [0.2, 0.25) is 0 Å². The molecule has 0 atom stereocenters. The van der Waals surface area contributed by atoms with Crippen LogP contribution in [-0.2, 0) is 0 Å². The fourth-order valence-corrected chi connectivity index (χ4v) is 2.33. The SMILES string of the molecule is O=[N+]([O-])c1cc(Br)ccc1N1CCC(F)(F)CC1. The van der Waals surface area contributed by atoms with Gasteiger partial charge in [-0.25, -0.2) is 8.78 Å². The second-order valence-electron chi connectivity index (χ2n) is 4.23. The summed E-state index contributed by atoms with van der Waals surface area (Å²) >= 11 is 3.16. The number of piperidine rings is 1. The molecule has 98 valence electrons. The first kappa shape index (κ1) is 13.2. The smallest absolute Gasteiger partial charge is 0.293 e. The minimum absolute atomic E-state index is 0.0606. The molecule has 0 bridgehead atoms. The molecule has 1 aromatic carbocycles. The van der Waals surface area contributed by atoms with Crippen LogP contribution in [-0.4, -0.2) is 23.9 Å². The molecule has 1 aromatic rings. The van der Waals surface area contributed by atoms with Crippen LogP contribution in [0.15, 0.2) is 22.7 Å². The van der Waals surface area contributed by atoms with Gasteiger partial charge in [0.25, 0.3) is 11.6 Å². The number of benzene rings is 1. The predicted octanol–water partition coefficient (Wildman–Crippen LogP) is 3.59. The summed E-state index contributed by atoms with van der Waals surface area (Å²) in [5, 5.41) is 11.0. The summed E-state index contributed by atoms with van der Waals surface area (Å²) < 4.78 is 26.7. The molecule has 4 nitrogen and oxygen atoms in total. The predicted molar refractivity (Wildman–Crippen MR) is 67.2 cm³/mol. The summed E-state index contributed by atoms with van der Waals surface area (Å²) in [4.78, 5) is 12.1. The number of rotatable bonds is 2. The normalized spacial score (nSPS) is 18.7. The number of nitro benzene ring substituents is 1. The maximum atomic E-state index is 13.0.